The molecule has 3 rings (SSSR count). The molecule has 1 aromatic heterocycles. The Kier molecular flexibility index (Phi) is 9.16. The van der Waals surface area contributed by atoms with E-state index in [1.165, 1.54) is 0 Å². The van der Waals surface area contributed by atoms with Gasteiger partial charge in [0.2, 0.25) is 0 Å². The van der Waals surface area contributed by atoms with Gasteiger partial charge in [0.1, 0.15) is 0 Å². The molecule has 2 heterocycles. The third-order valence-electron chi connectivity index (χ3n) is 5.12. The van der Waals surface area contributed by atoms with E-state index in [2.05, 4.69) is 39.5 Å². The number of halogens is 4. The Hall–Kier alpha value is -1.82. The Bertz CT molecular complexity index is 851. The molecule has 31 heavy (non-hydrogen) atoms. The highest BCUT2D eigenvalue weighted by Crippen LogP contribution is 2.29. The summed E-state index contributed by atoms with van der Waals surface area (Å²) in [7, 11) is 1.71. The highest BCUT2D eigenvalue weighted by molar-refractivity contribution is 14.0. The summed E-state index contributed by atoms with van der Waals surface area (Å²) in [5.74, 6) is 1.74. The Balaban J connectivity index is 0.00000341. The van der Waals surface area contributed by atoms with Crippen molar-refractivity contribution in [3.63, 3.8) is 0 Å². The Morgan fingerprint density at radius 3 is 2.58 bits per heavy atom. The molecule has 0 aliphatic carbocycles. The van der Waals surface area contributed by atoms with Crippen molar-refractivity contribution in [2.45, 2.75) is 51.5 Å². The van der Waals surface area contributed by atoms with E-state index in [4.69, 9.17) is 4.52 Å². The van der Waals surface area contributed by atoms with Crippen LogP contribution < -0.4 is 10.6 Å². The second kappa shape index (κ2) is 11.2. The summed E-state index contributed by atoms with van der Waals surface area (Å²) in [6.45, 7) is 6.90. The van der Waals surface area contributed by atoms with Gasteiger partial charge in [0.05, 0.1) is 17.8 Å². The number of alkyl halides is 3. The molecule has 1 saturated heterocycles. The predicted molar refractivity (Wildman–Crippen MR) is 124 cm³/mol. The molecule has 0 amide bonds. The standard InChI is InChI=1S/C21H28F3N5O.HI/c1-14(2)19-10-18(30-28-19)11-26-20(25-3)27-17-8-9-29(13-17)12-15-4-6-16(7-5-15)21(22,23)24;/h4-7,10,14,17H,8-9,11-13H2,1-3H3,(H2,25,26,27);1H. The number of hydrogen-bond donors (Lipinski definition) is 2. The molecular weight excluding hydrogens is 522 g/mol. The minimum absolute atomic E-state index is 0. The van der Waals surface area contributed by atoms with Gasteiger partial charge in [-0.15, -0.1) is 24.0 Å². The second-order valence-electron chi connectivity index (χ2n) is 7.86. The van der Waals surface area contributed by atoms with Gasteiger partial charge in [0.25, 0.3) is 0 Å². The zero-order valence-electron chi connectivity index (χ0n) is 17.9. The van der Waals surface area contributed by atoms with Crippen LogP contribution >= 0.6 is 24.0 Å². The first-order valence-electron chi connectivity index (χ1n) is 10.1. The van der Waals surface area contributed by atoms with Gasteiger partial charge >= 0.3 is 6.18 Å². The monoisotopic (exact) mass is 551 g/mol. The van der Waals surface area contributed by atoms with Gasteiger partial charge in [-0.2, -0.15) is 13.2 Å². The number of guanidine groups is 1. The van der Waals surface area contributed by atoms with Gasteiger partial charge in [-0.3, -0.25) is 9.89 Å². The molecule has 1 unspecified atom stereocenters. The van der Waals surface area contributed by atoms with E-state index < -0.39 is 11.7 Å². The van der Waals surface area contributed by atoms with Gasteiger partial charge in [-0.25, -0.2) is 0 Å². The zero-order chi connectivity index (χ0) is 21.7. The summed E-state index contributed by atoms with van der Waals surface area (Å²) in [4.78, 5) is 6.48. The van der Waals surface area contributed by atoms with E-state index in [0.29, 0.717) is 25.0 Å². The van der Waals surface area contributed by atoms with Crippen LogP contribution in [0.4, 0.5) is 13.2 Å². The number of aromatic nitrogens is 1. The first-order chi connectivity index (χ1) is 14.2. The van der Waals surface area contributed by atoms with Gasteiger partial charge < -0.3 is 15.2 Å². The minimum atomic E-state index is -4.30. The van der Waals surface area contributed by atoms with Crippen LogP contribution in [0.5, 0.6) is 0 Å². The molecule has 10 heteroatoms. The molecule has 0 saturated carbocycles. The number of nitrogens with zero attached hydrogens (tertiary/aromatic N) is 3. The van der Waals surface area contributed by atoms with Crippen LogP contribution in [0.1, 0.15) is 48.8 Å². The summed E-state index contributed by atoms with van der Waals surface area (Å²) >= 11 is 0. The molecule has 2 aromatic rings. The first-order valence-corrected chi connectivity index (χ1v) is 10.1. The number of benzene rings is 1. The Morgan fingerprint density at radius 1 is 1.29 bits per heavy atom. The average Bonchev–Trinajstić information content (AvgIpc) is 3.34. The molecule has 1 aliphatic rings. The SMILES string of the molecule is CN=C(NCc1cc(C(C)C)no1)NC1CCN(Cc2ccc(C(F)(F)F)cc2)C1.I. The van der Waals surface area contributed by atoms with E-state index in [-0.39, 0.29) is 30.0 Å². The fraction of sp³-hybridized carbons (Fsp3) is 0.524. The van der Waals surface area contributed by atoms with E-state index in [0.717, 1.165) is 48.7 Å². The van der Waals surface area contributed by atoms with Crippen LogP contribution in [0.25, 0.3) is 0 Å². The van der Waals surface area contributed by atoms with Crippen molar-refractivity contribution in [3.05, 3.63) is 52.9 Å². The lowest BCUT2D eigenvalue weighted by molar-refractivity contribution is -0.137. The summed E-state index contributed by atoms with van der Waals surface area (Å²) in [6.07, 6.45) is -3.37. The number of nitrogens with one attached hydrogen (secondary N) is 2. The minimum Gasteiger partial charge on any atom is -0.359 e. The van der Waals surface area contributed by atoms with E-state index >= 15 is 0 Å². The summed E-state index contributed by atoms with van der Waals surface area (Å²) in [6, 6.07) is 7.53. The van der Waals surface area contributed by atoms with E-state index in [1.54, 1.807) is 19.2 Å². The molecule has 1 aliphatic heterocycles. The number of aliphatic imine (C=N–C) groups is 1. The van der Waals surface area contributed by atoms with Gasteiger partial charge in [0.15, 0.2) is 11.7 Å². The molecule has 0 radical (unpaired) electrons. The highest BCUT2D eigenvalue weighted by Gasteiger charge is 2.30. The zero-order valence-corrected chi connectivity index (χ0v) is 20.2. The van der Waals surface area contributed by atoms with Crippen LogP contribution in [-0.4, -0.2) is 42.2 Å². The molecule has 2 N–H and O–H groups in total. The molecule has 0 bridgehead atoms. The molecular formula is C21H29F3IN5O. The average molecular weight is 551 g/mol. The summed E-state index contributed by atoms with van der Waals surface area (Å²) in [5.41, 5.74) is 1.18. The van der Waals surface area contributed by atoms with Crippen molar-refractivity contribution in [2.24, 2.45) is 4.99 Å². The predicted octanol–water partition coefficient (Wildman–Crippen LogP) is 4.37. The molecule has 1 aromatic carbocycles. The third-order valence-corrected chi connectivity index (χ3v) is 5.12. The quantitative estimate of drug-likeness (QED) is 0.317. The normalized spacial score (nSPS) is 17.6. The Labute approximate surface area is 197 Å². The Morgan fingerprint density at radius 2 is 2.00 bits per heavy atom. The molecule has 172 valence electrons. The van der Waals surface area contributed by atoms with Crippen LogP contribution in [0.15, 0.2) is 39.8 Å². The fourth-order valence-corrected chi connectivity index (χ4v) is 3.39. The second-order valence-corrected chi connectivity index (χ2v) is 7.86. The lowest BCUT2D eigenvalue weighted by Crippen LogP contribution is -2.44. The van der Waals surface area contributed by atoms with Crippen molar-refractivity contribution in [3.8, 4) is 0 Å². The van der Waals surface area contributed by atoms with Gasteiger partial charge in [0, 0.05) is 38.8 Å². The van der Waals surface area contributed by atoms with Crippen LogP contribution in [0.2, 0.25) is 0 Å². The number of likely N-dealkylation sites (tertiary alicyclic amines) is 1. The van der Waals surface area contributed by atoms with Crippen molar-refractivity contribution in [1.82, 2.24) is 20.7 Å². The highest BCUT2D eigenvalue weighted by atomic mass is 127. The molecule has 6 nitrogen and oxygen atoms in total. The van der Waals surface area contributed by atoms with Crippen LogP contribution in [0, 0.1) is 0 Å². The third kappa shape index (κ3) is 7.37. The maximum atomic E-state index is 12.7. The van der Waals surface area contributed by atoms with Gasteiger partial charge in [-0.05, 0) is 30.0 Å². The summed E-state index contributed by atoms with van der Waals surface area (Å²) < 4.78 is 43.4. The van der Waals surface area contributed by atoms with Crippen molar-refractivity contribution >= 4 is 29.9 Å². The van der Waals surface area contributed by atoms with E-state index in [1.807, 2.05) is 6.07 Å². The fourth-order valence-electron chi connectivity index (χ4n) is 3.39. The number of hydrogen-bond acceptors (Lipinski definition) is 4. The summed E-state index contributed by atoms with van der Waals surface area (Å²) in [5, 5.41) is 10.7. The van der Waals surface area contributed by atoms with Crippen molar-refractivity contribution in [1.29, 1.82) is 0 Å². The maximum absolute atomic E-state index is 12.7. The van der Waals surface area contributed by atoms with Crippen molar-refractivity contribution in [2.75, 3.05) is 20.1 Å². The van der Waals surface area contributed by atoms with Crippen LogP contribution in [-0.2, 0) is 19.3 Å². The van der Waals surface area contributed by atoms with Crippen LogP contribution in [0.3, 0.4) is 0 Å². The largest absolute Gasteiger partial charge is 0.416 e. The topological polar surface area (TPSA) is 65.7 Å². The van der Waals surface area contributed by atoms with Gasteiger partial charge in [-0.1, -0.05) is 31.1 Å². The lowest BCUT2D eigenvalue weighted by atomic mass is 10.1. The molecule has 1 fully saturated rings. The van der Waals surface area contributed by atoms with Crippen molar-refractivity contribution < 1.29 is 17.7 Å². The smallest absolute Gasteiger partial charge is 0.359 e. The molecule has 1 atom stereocenters. The lowest BCUT2D eigenvalue weighted by Gasteiger charge is -2.19. The van der Waals surface area contributed by atoms with E-state index in [9.17, 15) is 13.2 Å². The first kappa shape index (κ1) is 25.4. The molecule has 0 spiro atoms. The maximum Gasteiger partial charge on any atom is 0.416 e. The number of rotatable bonds is 6.